The Morgan fingerprint density at radius 2 is 1.90 bits per heavy atom. The van der Waals surface area contributed by atoms with Crippen LogP contribution in [0.15, 0.2) is 42.0 Å². The largest absolute Gasteiger partial charge is 0.452 e. The van der Waals surface area contributed by atoms with E-state index in [0.717, 1.165) is 0 Å². The molecule has 0 saturated heterocycles. The third kappa shape index (κ3) is 3.39. The van der Waals surface area contributed by atoms with Crippen LogP contribution in [0.5, 0.6) is 0 Å². The monoisotopic (exact) mass is 288 g/mol. The molecule has 0 amide bonds. The number of hydrogen-bond acceptors (Lipinski definition) is 4. The predicted octanol–water partition coefficient (Wildman–Crippen LogP) is 2.52. The molecular weight excluding hydrogens is 268 g/mol. The van der Waals surface area contributed by atoms with Crippen LogP contribution in [0.1, 0.15) is 37.6 Å². The van der Waals surface area contributed by atoms with Gasteiger partial charge in [-0.15, -0.1) is 0 Å². The minimum atomic E-state index is -0.924. The van der Waals surface area contributed by atoms with Gasteiger partial charge in [0.1, 0.15) is 12.2 Å². The molecule has 0 bridgehead atoms. The van der Waals surface area contributed by atoms with Gasteiger partial charge in [0.25, 0.3) is 0 Å². The van der Waals surface area contributed by atoms with Gasteiger partial charge in [-0.05, 0) is 30.7 Å². The van der Waals surface area contributed by atoms with E-state index in [4.69, 9.17) is 4.74 Å². The zero-order valence-electron chi connectivity index (χ0n) is 12.5. The lowest BCUT2D eigenvalue weighted by Crippen LogP contribution is -2.40. The number of esters is 1. The first kappa shape index (κ1) is 15.4. The van der Waals surface area contributed by atoms with Gasteiger partial charge in [-0.2, -0.15) is 0 Å². The Morgan fingerprint density at radius 3 is 2.52 bits per heavy atom. The van der Waals surface area contributed by atoms with Crippen LogP contribution >= 0.6 is 0 Å². The Bertz CT molecular complexity index is 572. The van der Waals surface area contributed by atoms with E-state index >= 15 is 0 Å². The number of Topliss-reactive ketones (excluding diaryl/α,β-unsaturated/α-hetero) is 1. The van der Waals surface area contributed by atoms with Gasteiger partial charge in [-0.25, -0.2) is 4.79 Å². The van der Waals surface area contributed by atoms with Crippen molar-refractivity contribution in [2.75, 3.05) is 0 Å². The van der Waals surface area contributed by atoms with Gasteiger partial charge in [-0.3, -0.25) is 4.79 Å². The number of aliphatic hydroxyl groups excluding tert-OH is 1. The van der Waals surface area contributed by atoms with Crippen LogP contribution in [-0.2, 0) is 9.53 Å². The van der Waals surface area contributed by atoms with Gasteiger partial charge in [0.15, 0.2) is 5.78 Å². The molecule has 0 spiro atoms. The highest BCUT2D eigenvalue weighted by molar-refractivity contribution is 5.96. The fraction of sp³-hybridized carbons (Fsp3) is 0.412. The highest BCUT2D eigenvalue weighted by atomic mass is 16.6. The van der Waals surface area contributed by atoms with E-state index in [-0.39, 0.29) is 12.2 Å². The van der Waals surface area contributed by atoms with E-state index in [1.54, 1.807) is 51.1 Å². The smallest absolute Gasteiger partial charge is 0.338 e. The molecule has 0 heterocycles. The van der Waals surface area contributed by atoms with E-state index in [1.165, 1.54) is 0 Å². The summed E-state index contributed by atoms with van der Waals surface area (Å²) in [5.41, 5.74) is 0.294. The predicted molar refractivity (Wildman–Crippen MR) is 78.8 cm³/mol. The van der Waals surface area contributed by atoms with E-state index in [2.05, 4.69) is 0 Å². The number of benzene rings is 1. The molecule has 1 aliphatic rings. The van der Waals surface area contributed by atoms with Crippen molar-refractivity contribution in [2.24, 2.45) is 5.41 Å². The summed E-state index contributed by atoms with van der Waals surface area (Å²) in [5.74, 6) is -0.536. The SMILES string of the molecule is CC1=CC(OC(=O)c2ccccc2)C(O)C(C)(C)CC1=O. The standard InChI is InChI=1S/C17H20O4/c1-11-9-14(15(19)17(2,3)10-13(11)18)21-16(20)12-7-5-4-6-8-12/h4-9,14-15,19H,10H2,1-3H3. The summed E-state index contributed by atoms with van der Waals surface area (Å²) in [5, 5.41) is 10.4. The van der Waals surface area contributed by atoms with E-state index < -0.39 is 23.6 Å². The number of allylic oxidation sites excluding steroid dienone is 1. The minimum absolute atomic E-state index is 0.0303. The van der Waals surface area contributed by atoms with Crippen LogP contribution < -0.4 is 0 Å². The molecule has 1 aliphatic carbocycles. The third-order valence-corrected chi connectivity index (χ3v) is 3.83. The Kier molecular flexibility index (Phi) is 4.28. The molecular formula is C17H20O4. The molecule has 2 atom stereocenters. The Hall–Kier alpha value is -1.94. The van der Waals surface area contributed by atoms with Gasteiger partial charge in [0.2, 0.25) is 0 Å². The van der Waals surface area contributed by atoms with Gasteiger partial charge in [0.05, 0.1) is 5.56 Å². The topological polar surface area (TPSA) is 63.6 Å². The van der Waals surface area contributed by atoms with E-state index in [9.17, 15) is 14.7 Å². The lowest BCUT2D eigenvalue weighted by atomic mass is 9.80. The van der Waals surface area contributed by atoms with Crippen LogP contribution in [-0.4, -0.2) is 29.1 Å². The summed E-state index contributed by atoms with van der Waals surface area (Å²) in [6.07, 6.45) is 0.0316. The highest BCUT2D eigenvalue weighted by Gasteiger charge is 2.40. The molecule has 0 aliphatic heterocycles. The summed E-state index contributed by atoms with van der Waals surface area (Å²) >= 11 is 0. The number of carbonyl (C=O) groups excluding carboxylic acids is 2. The lowest BCUT2D eigenvalue weighted by molar-refractivity contribution is -0.119. The summed E-state index contributed by atoms with van der Waals surface area (Å²) in [6.45, 7) is 5.27. The van der Waals surface area contributed by atoms with Crippen molar-refractivity contribution in [1.29, 1.82) is 0 Å². The quantitative estimate of drug-likeness (QED) is 0.849. The van der Waals surface area contributed by atoms with Crippen molar-refractivity contribution < 1.29 is 19.4 Å². The van der Waals surface area contributed by atoms with E-state index in [0.29, 0.717) is 11.1 Å². The molecule has 2 rings (SSSR count). The van der Waals surface area contributed by atoms with Crippen molar-refractivity contribution in [3.8, 4) is 0 Å². The molecule has 0 saturated carbocycles. The Balaban J connectivity index is 2.24. The number of carbonyl (C=O) groups is 2. The van der Waals surface area contributed by atoms with Crippen LogP contribution in [0.25, 0.3) is 0 Å². The van der Waals surface area contributed by atoms with Crippen LogP contribution in [0.3, 0.4) is 0 Å². The molecule has 4 nitrogen and oxygen atoms in total. The molecule has 1 aromatic rings. The third-order valence-electron chi connectivity index (χ3n) is 3.83. The molecule has 0 aromatic heterocycles. The van der Waals surface area contributed by atoms with Crippen molar-refractivity contribution in [1.82, 2.24) is 0 Å². The molecule has 1 aromatic carbocycles. The first-order valence-corrected chi connectivity index (χ1v) is 6.97. The fourth-order valence-corrected chi connectivity index (χ4v) is 2.40. The van der Waals surface area contributed by atoms with Gasteiger partial charge < -0.3 is 9.84 Å². The van der Waals surface area contributed by atoms with Crippen molar-refractivity contribution in [3.63, 3.8) is 0 Å². The number of hydrogen-bond donors (Lipinski definition) is 1. The first-order valence-electron chi connectivity index (χ1n) is 6.97. The maximum absolute atomic E-state index is 12.1. The first-order chi connectivity index (χ1) is 9.81. The van der Waals surface area contributed by atoms with Crippen molar-refractivity contribution >= 4 is 11.8 Å². The minimum Gasteiger partial charge on any atom is -0.452 e. The average molecular weight is 288 g/mol. The number of ketones is 1. The summed E-state index contributed by atoms with van der Waals surface area (Å²) < 4.78 is 5.41. The van der Waals surface area contributed by atoms with Crippen LogP contribution in [0.4, 0.5) is 0 Å². The molecule has 0 radical (unpaired) electrons. The second kappa shape index (κ2) is 5.82. The zero-order valence-corrected chi connectivity index (χ0v) is 12.5. The summed E-state index contributed by atoms with van der Waals surface area (Å²) in [7, 11) is 0. The Morgan fingerprint density at radius 1 is 1.29 bits per heavy atom. The molecule has 4 heteroatoms. The number of ether oxygens (including phenoxy) is 1. The van der Waals surface area contributed by atoms with Gasteiger partial charge >= 0.3 is 5.97 Å². The zero-order chi connectivity index (χ0) is 15.6. The molecule has 0 fully saturated rings. The molecule has 1 N–H and O–H groups in total. The van der Waals surface area contributed by atoms with Crippen molar-refractivity contribution in [2.45, 2.75) is 39.4 Å². The fourth-order valence-electron chi connectivity index (χ4n) is 2.40. The summed E-state index contributed by atoms with van der Waals surface area (Å²) in [6, 6.07) is 8.60. The number of aliphatic hydroxyl groups is 1. The number of rotatable bonds is 2. The van der Waals surface area contributed by atoms with Gasteiger partial charge in [0, 0.05) is 11.8 Å². The summed E-state index contributed by atoms with van der Waals surface area (Å²) in [4.78, 5) is 24.1. The maximum Gasteiger partial charge on any atom is 0.338 e. The highest BCUT2D eigenvalue weighted by Crippen LogP contribution is 2.33. The maximum atomic E-state index is 12.1. The van der Waals surface area contributed by atoms with Crippen molar-refractivity contribution in [3.05, 3.63) is 47.5 Å². The second-order valence-corrected chi connectivity index (χ2v) is 6.12. The molecule has 112 valence electrons. The van der Waals surface area contributed by atoms with Crippen LogP contribution in [0.2, 0.25) is 0 Å². The molecule has 21 heavy (non-hydrogen) atoms. The average Bonchev–Trinajstić information content (AvgIpc) is 2.51. The van der Waals surface area contributed by atoms with Gasteiger partial charge in [-0.1, -0.05) is 32.0 Å². The lowest BCUT2D eigenvalue weighted by Gasteiger charge is -2.32. The normalized spacial score (nSPS) is 25.0. The second-order valence-electron chi connectivity index (χ2n) is 6.12. The Labute approximate surface area is 124 Å². The van der Waals surface area contributed by atoms with E-state index in [1.807, 2.05) is 6.07 Å². The molecule has 2 unspecified atom stereocenters. The van der Waals surface area contributed by atoms with Crippen LogP contribution in [0, 0.1) is 5.41 Å².